The molecule has 0 bridgehead atoms. The minimum Gasteiger partial charge on any atom is -0.496 e. The van der Waals surface area contributed by atoms with E-state index in [1.165, 1.54) is 31.0 Å². The maximum Gasteiger partial charge on any atom is 0.270 e. The number of thioether (sulfide) groups is 1. The smallest absolute Gasteiger partial charge is 0.270 e. The van der Waals surface area contributed by atoms with Crippen molar-refractivity contribution in [2.24, 2.45) is 0 Å². The van der Waals surface area contributed by atoms with Gasteiger partial charge in [0.2, 0.25) is 5.82 Å². The lowest BCUT2D eigenvalue weighted by Crippen LogP contribution is -2.00. The number of benzene rings is 1. The molecule has 0 saturated carbocycles. The first kappa shape index (κ1) is 17.7. The van der Waals surface area contributed by atoms with Gasteiger partial charge in [-0.25, -0.2) is 0 Å². The summed E-state index contributed by atoms with van der Waals surface area (Å²) in [7, 11) is 1.53. The van der Waals surface area contributed by atoms with Crippen LogP contribution in [0.4, 0.5) is 5.69 Å². The van der Waals surface area contributed by atoms with E-state index in [-0.39, 0.29) is 5.69 Å². The molecule has 8 nitrogen and oxygen atoms in total. The zero-order chi connectivity index (χ0) is 18.5. The molecule has 2 heterocycles. The van der Waals surface area contributed by atoms with Crippen LogP contribution in [0.2, 0.25) is 0 Å². The Morgan fingerprint density at radius 2 is 2.27 bits per heavy atom. The van der Waals surface area contributed by atoms with Crippen molar-refractivity contribution in [3.8, 4) is 17.3 Å². The van der Waals surface area contributed by atoms with E-state index in [4.69, 9.17) is 9.15 Å². The van der Waals surface area contributed by atoms with Crippen LogP contribution in [0.5, 0.6) is 5.75 Å². The normalized spacial score (nSPS) is 10.7. The molecule has 134 valence electrons. The van der Waals surface area contributed by atoms with Gasteiger partial charge in [0.05, 0.1) is 18.3 Å². The minimum absolute atomic E-state index is 0.0187. The van der Waals surface area contributed by atoms with Gasteiger partial charge in [-0.1, -0.05) is 17.8 Å². The molecule has 2 aromatic heterocycles. The number of nitrogens with zero attached hydrogens (tertiary/aromatic N) is 4. The highest BCUT2D eigenvalue weighted by atomic mass is 32.2. The summed E-state index contributed by atoms with van der Waals surface area (Å²) in [5.74, 6) is 2.24. The molecule has 0 radical (unpaired) electrons. The second kappa shape index (κ2) is 7.87. The minimum atomic E-state index is -0.428. The summed E-state index contributed by atoms with van der Waals surface area (Å²) in [4.78, 5) is 10.6. The number of nitro groups is 1. The molecule has 0 N–H and O–H groups in total. The van der Waals surface area contributed by atoms with Gasteiger partial charge in [0.15, 0.2) is 10.9 Å². The number of allylic oxidation sites excluding steroid dienone is 1. The van der Waals surface area contributed by atoms with Crippen LogP contribution in [-0.4, -0.2) is 26.8 Å². The van der Waals surface area contributed by atoms with Crippen LogP contribution < -0.4 is 4.74 Å². The van der Waals surface area contributed by atoms with Crippen molar-refractivity contribution in [1.82, 2.24) is 14.8 Å². The number of ether oxygens (including phenoxy) is 1. The van der Waals surface area contributed by atoms with Crippen molar-refractivity contribution in [1.29, 1.82) is 0 Å². The Morgan fingerprint density at radius 1 is 1.42 bits per heavy atom. The first-order valence-corrected chi connectivity index (χ1v) is 8.64. The molecule has 0 aliphatic rings. The molecule has 0 spiro atoms. The molecule has 1 aromatic carbocycles. The van der Waals surface area contributed by atoms with Gasteiger partial charge in [-0.2, -0.15) is 0 Å². The lowest BCUT2D eigenvalue weighted by atomic mass is 10.2. The molecule has 0 fully saturated rings. The highest BCUT2D eigenvalue weighted by Gasteiger charge is 2.17. The van der Waals surface area contributed by atoms with Crippen LogP contribution in [0, 0.1) is 10.1 Å². The molecule has 0 amide bonds. The average Bonchev–Trinajstić information content (AvgIpc) is 3.29. The number of hydrogen-bond donors (Lipinski definition) is 0. The number of furan rings is 1. The summed E-state index contributed by atoms with van der Waals surface area (Å²) in [6, 6.07) is 8.11. The van der Waals surface area contributed by atoms with Crippen molar-refractivity contribution >= 4 is 17.4 Å². The van der Waals surface area contributed by atoms with Gasteiger partial charge in [-0.05, 0) is 18.2 Å². The fraction of sp³-hybridized carbons (Fsp3) is 0.176. The summed E-state index contributed by atoms with van der Waals surface area (Å²) in [6.45, 7) is 4.28. The van der Waals surface area contributed by atoms with Crippen molar-refractivity contribution in [2.75, 3.05) is 7.11 Å². The van der Waals surface area contributed by atoms with Crippen molar-refractivity contribution in [2.45, 2.75) is 17.5 Å². The number of nitro benzene ring substituents is 1. The Kier molecular flexibility index (Phi) is 5.37. The van der Waals surface area contributed by atoms with E-state index in [0.717, 1.165) is 0 Å². The van der Waals surface area contributed by atoms with Gasteiger partial charge in [-0.15, -0.1) is 16.8 Å². The molecule has 3 aromatic rings. The number of non-ortho nitro benzene ring substituents is 1. The second-order valence-electron chi connectivity index (χ2n) is 5.22. The Bertz CT molecular complexity index is 921. The third-order valence-corrected chi connectivity index (χ3v) is 4.62. The first-order chi connectivity index (χ1) is 12.6. The van der Waals surface area contributed by atoms with Crippen LogP contribution in [0.15, 0.2) is 58.8 Å². The Balaban J connectivity index is 1.87. The van der Waals surface area contributed by atoms with E-state index >= 15 is 0 Å². The molecule has 0 atom stereocenters. The van der Waals surface area contributed by atoms with Gasteiger partial charge in [-0.3, -0.25) is 14.7 Å². The van der Waals surface area contributed by atoms with E-state index in [2.05, 4.69) is 16.8 Å². The molecule has 0 unspecified atom stereocenters. The number of hydrogen-bond acceptors (Lipinski definition) is 7. The average molecular weight is 372 g/mol. The van der Waals surface area contributed by atoms with E-state index in [1.807, 2.05) is 10.6 Å². The van der Waals surface area contributed by atoms with E-state index in [0.29, 0.717) is 40.4 Å². The monoisotopic (exact) mass is 372 g/mol. The molecular weight excluding hydrogens is 356 g/mol. The van der Waals surface area contributed by atoms with Gasteiger partial charge in [0.25, 0.3) is 5.69 Å². The van der Waals surface area contributed by atoms with E-state index in [1.54, 1.807) is 24.5 Å². The van der Waals surface area contributed by atoms with E-state index < -0.39 is 4.92 Å². The third-order valence-electron chi connectivity index (χ3n) is 3.60. The van der Waals surface area contributed by atoms with Crippen LogP contribution in [0.25, 0.3) is 11.6 Å². The predicted octanol–water partition coefficient (Wildman–Crippen LogP) is 3.93. The molecule has 26 heavy (non-hydrogen) atoms. The molecule has 9 heteroatoms. The van der Waals surface area contributed by atoms with Crippen molar-refractivity contribution in [3.63, 3.8) is 0 Å². The zero-order valence-electron chi connectivity index (χ0n) is 14.0. The topological polar surface area (TPSA) is 96.2 Å². The maximum absolute atomic E-state index is 11.0. The summed E-state index contributed by atoms with van der Waals surface area (Å²) in [5.41, 5.74) is 0.727. The Hall–Kier alpha value is -3.07. The number of aromatic nitrogens is 3. The fourth-order valence-corrected chi connectivity index (χ4v) is 3.34. The summed E-state index contributed by atoms with van der Waals surface area (Å²) in [5, 5.41) is 20.1. The van der Waals surface area contributed by atoms with Crippen LogP contribution >= 0.6 is 11.8 Å². The predicted molar refractivity (Wildman–Crippen MR) is 97.1 cm³/mol. The maximum atomic E-state index is 11.0. The highest BCUT2D eigenvalue weighted by Crippen LogP contribution is 2.31. The summed E-state index contributed by atoms with van der Waals surface area (Å²) >= 11 is 1.41. The van der Waals surface area contributed by atoms with Crippen LogP contribution in [0.3, 0.4) is 0 Å². The number of methoxy groups -OCH3 is 1. The Morgan fingerprint density at radius 3 is 2.92 bits per heavy atom. The van der Waals surface area contributed by atoms with Crippen molar-refractivity contribution in [3.05, 3.63) is 64.9 Å². The van der Waals surface area contributed by atoms with Crippen LogP contribution in [-0.2, 0) is 12.3 Å². The standard InChI is InChI=1S/C17H16N4O4S/c1-3-8-20-16(15-5-4-9-25-15)18-19-17(20)26-11-12-10-13(21(22)23)6-7-14(12)24-2/h3-7,9-10H,1,8,11H2,2H3. The number of rotatable bonds is 8. The molecule has 0 aliphatic carbocycles. The Labute approximate surface area is 153 Å². The van der Waals surface area contributed by atoms with Gasteiger partial charge < -0.3 is 9.15 Å². The third kappa shape index (κ3) is 3.62. The SMILES string of the molecule is C=CCn1c(SCc2cc([N+](=O)[O-])ccc2OC)nnc1-c1ccco1. The van der Waals surface area contributed by atoms with E-state index in [9.17, 15) is 10.1 Å². The lowest BCUT2D eigenvalue weighted by Gasteiger charge is -2.09. The molecular formula is C17H16N4O4S. The van der Waals surface area contributed by atoms with Gasteiger partial charge in [0.1, 0.15) is 5.75 Å². The highest BCUT2D eigenvalue weighted by molar-refractivity contribution is 7.98. The molecule has 0 saturated heterocycles. The quantitative estimate of drug-likeness (QED) is 0.256. The fourth-order valence-electron chi connectivity index (χ4n) is 2.41. The summed E-state index contributed by atoms with van der Waals surface area (Å²) in [6.07, 6.45) is 3.32. The summed E-state index contributed by atoms with van der Waals surface area (Å²) < 4.78 is 12.6. The zero-order valence-corrected chi connectivity index (χ0v) is 14.8. The molecule has 3 rings (SSSR count). The van der Waals surface area contributed by atoms with Crippen LogP contribution in [0.1, 0.15) is 5.56 Å². The van der Waals surface area contributed by atoms with Crippen molar-refractivity contribution < 1.29 is 14.1 Å². The van der Waals surface area contributed by atoms with Gasteiger partial charge in [0, 0.05) is 30.0 Å². The largest absolute Gasteiger partial charge is 0.496 e. The van der Waals surface area contributed by atoms with Gasteiger partial charge >= 0.3 is 0 Å². The molecule has 0 aliphatic heterocycles. The first-order valence-electron chi connectivity index (χ1n) is 7.66. The lowest BCUT2D eigenvalue weighted by molar-refractivity contribution is -0.384. The second-order valence-corrected chi connectivity index (χ2v) is 6.17.